The molecule has 8 unspecified atom stereocenters. The van der Waals surface area contributed by atoms with E-state index in [2.05, 4.69) is 4.74 Å². The fourth-order valence-corrected chi connectivity index (χ4v) is 6.73. The third-order valence-electron chi connectivity index (χ3n) is 7.57. The number of esters is 1. The summed E-state index contributed by atoms with van der Waals surface area (Å²) < 4.78 is 74.3. The minimum atomic E-state index is -5.64. The zero-order chi connectivity index (χ0) is 19.9. The number of halogens is 2. The maximum absolute atomic E-state index is 13.4. The fraction of sp³-hybridized carbons (Fsp3) is 0.944. The highest BCUT2D eigenvalue weighted by Crippen LogP contribution is 2.67. The molecule has 1 saturated heterocycles. The van der Waals surface area contributed by atoms with Crippen LogP contribution in [0.15, 0.2) is 0 Å². The number of carbonyl (C=O) groups excluding carboxylic acids is 1. The molecule has 0 amide bonds. The number of hydrogen-bond acceptors (Lipinski definition) is 6. The van der Waals surface area contributed by atoms with E-state index in [1.165, 1.54) is 6.42 Å². The van der Waals surface area contributed by atoms with E-state index in [1.807, 2.05) is 0 Å². The smallest absolute Gasteiger partial charge is 0.402 e. The van der Waals surface area contributed by atoms with E-state index in [1.54, 1.807) is 0 Å². The van der Waals surface area contributed by atoms with E-state index < -0.39 is 45.8 Å². The number of rotatable bonds is 4. The first-order valence-electron chi connectivity index (χ1n) is 9.98. The van der Waals surface area contributed by atoms with Gasteiger partial charge in [0, 0.05) is 11.8 Å². The van der Waals surface area contributed by atoms with Gasteiger partial charge in [-0.2, -0.15) is 17.2 Å². The van der Waals surface area contributed by atoms with E-state index in [9.17, 15) is 22.0 Å². The predicted molar refractivity (Wildman–Crippen MR) is 89.7 cm³/mol. The van der Waals surface area contributed by atoms with Crippen LogP contribution in [0.2, 0.25) is 0 Å². The number of carbonyl (C=O) groups is 1. The Balaban J connectivity index is 1.31. The molecule has 6 rings (SSSR count). The molecule has 1 N–H and O–H groups in total. The summed E-state index contributed by atoms with van der Waals surface area (Å²) in [5.74, 6) is -0.365. The van der Waals surface area contributed by atoms with Gasteiger partial charge in [0.1, 0.15) is 6.10 Å². The minimum absolute atomic E-state index is 0.271. The Hall–Kier alpha value is -0.840. The average molecular weight is 422 g/mol. The monoisotopic (exact) mass is 422 g/mol. The van der Waals surface area contributed by atoms with E-state index >= 15 is 0 Å². The van der Waals surface area contributed by atoms with Crippen molar-refractivity contribution in [3.05, 3.63) is 0 Å². The van der Waals surface area contributed by atoms with Crippen molar-refractivity contribution in [2.45, 2.75) is 68.2 Å². The van der Waals surface area contributed by atoms with E-state index in [4.69, 9.17) is 14.0 Å². The third-order valence-corrected chi connectivity index (χ3v) is 8.44. The second-order valence-corrected chi connectivity index (χ2v) is 10.6. The molecule has 4 bridgehead atoms. The van der Waals surface area contributed by atoms with Crippen LogP contribution >= 0.6 is 0 Å². The first-order valence-corrected chi connectivity index (χ1v) is 11.4. The summed E-state index contributed by atoms with van der Waals surface area (Å²) >= 11 is 0. The first-order chi connectivity index (χ1) is 13.1. The van der Waals surface area contributed by atoms with Crippen LogP contribution in [0.1, 0.15) is 44.9 Å². The van der Waals surface area contributed by atoms with Gasteiger partial charge in [0.05, 0.1) is 12.0 Å². The van der Waals surface area contributed by atoms with Gasteiger partial charge in [0.25, 0.3) is 0 Å². The van der Waals surface area contributed by atoms with Crippen LogP contribution in [0.4, 0.5) is 8.78 Å². The molecule has 0 aromatic rings. The summed E-state index contributed by atoms with van der Waals surface area (Å²) in [6.07, 6.45) is 5.45. The lowest BCUT2D eigenvalue weighted by atomic mass is 9.78. The van der Waals surface area contributed by atoms with Gasteiger partial charge in [0.2, 0.25) is 0 Å². The quantitative estimate of drug-likeness (QED) is 0.548. The summed E-state index contributed by atoms with van der Waals surface area (Å²) in [6, 6.07) is 0. The van der Waals surface area contributed by atoms with Crippen molar-refractivity contribution in [3.63, 3.8) is 0 Å². The van der Waals surface area contributed by atoms with Crippen LogP contribution in [-0.2, 0) is 29.1 Å². The topological polar surface area (TPSA) is 99.1 Å². The van der Waals surface area contributed by atoms with Crippen LogP contribution in [-0.4, -0.2) is 48.8 Å². The first kappa shape index (κ1) is 19.1. The van der Waals surface area contributed by atoms with Crippen LogP contribution in [0.5, 0.6) is 0 Å². The van der Waals surface area contributed by atoms with E-state index in [0.29, 0.717) is 30.6 Å². The van der Waals surface area contributed by atoms with Crippen LogP contribution < -0.4 is 0 Å². The van der Waals surface area contributed by atoms with Gasteiger partial charge in [-0.1, -0.05) is 0 Å². The molecule has 28 heavy (non-hydrogen) atoms. The Bertz CT molecular complexity index is 783. The Labute approximate surface area is 161 Å². The summed E-state index contributed by atoms with van der Waals surface area (Å²) in [7, 11) is -5.64. The summed E-state index contributed by atoms with van der Waals surface area (Å²) in [4.78, 5) is 12.5. The fourth-order valence-electron chi connectivity index (χ4n) is 6.52. The summed E-state index contributed by atoms with van der Waals surface area (Å²) in [5.41, 5.74) is 0. The van der Waals surface area contributed by atoms with Crippen molar-refractivity contribution in [3.8, 4) is 0 Å². The predicted octanol–water partition coefficient (Wildman–Crippen LogP) is 2.36. The Morgan fingerprint density at radius 3 is 2.68 bits per heavy atom. The minimum Gasteiger partial charge on any atom is -0.458 e. The Kier molecular flexibility index (Phi) is 4.16. The van der Waals surface area contributed by atoms with Crippen molar-refractivity contribution < 1.29 is 40.8 Å². The molecule has 0 radical (unpaired) electrons. The molecule has 0 aromatic carbocycles. The average Bonchev–Trinajstić information content (AvgIpc) is 3.21. The molecule has 8 atom stereocenters. The van der Waals surface area contributed by atoms with Crippen molar-refractivity contribution in [1.29, 1.82) is 0 Å². The molecule has 6 fully saturated rings. The van der Waals surface area contributed by atoms with Crippen molar-refractivity contribution in [1.82, 2.24) is 0 Å². The lowest BCUT2D eigenvalue weighted by molar-refractivity contribution is -0.240. The van der Waals surface area contributed by atoms with Gasteiger partial charge < -0.3 is 14.2 Å². The van der Waals surface area contributed by atoms with Gasteiger partial charge in [0.15, 0.2) is 12.4 Å². The number of fused-ring (bicyclic) bond motifs is 1. The molecule has 0 aromatic heterocycles. The van der Waals surface area contributed by atoms with Crippen LogP contribution in [0.3, 0.4) is 0 Å². The summed E-state index contributed by atoms with van der Waals surface area (Å²) in [5, 5.41) is -4.53. The Morgan fingerprint density at radius 1 is 1.18 bits per heavy atom. The van der Waals surface area contributed by atoms with E-state index in [0.717, 1.165) is 31.6 Å². The third kappa shape index (κ3) is 2.67. The van der Waals surface area contributed by atoms with Gasteiger partial charge in [-0.05, 0) is 56.8 Å². The highest BCUT2D eigenvalue weighted by atomic mass is 32.2. The molecule has 7 nitrogen and oxygen atoms in total. The number of alkyl halides is 2. The zero-order valence-electron chi connectivity index (χ0n) is 15.3. The lowest BCUT2D eigenvalue weighted by Gasteiger charge is -2.40. The largest absolute Gasteiger partial charge is 0.458 e. The Morgan fingerprint density at radius 2 is 1.96 bits per heavy atom. The molecule has 6 aliphatic rings. The molecule has 1 aliphatic heterocycles. The standard InChI is InChI=1S/C18H24F2O7S/c19-17(20,28(22,23)24)8-25-16(21)12-2-1-3-14-15(12)27-18(26-14)11-5-9-4-10(7-11)13(18)6-9/h9-15H,1-8H2,(H,22,23,24). The molecule has 5 saturated carbocycles. The highest BCUT2D eigenvalue weighted by molar-refractivity contribution is 7.86. The van der Waals surface area contributed by atoms with Crippen LogP contribution in [0, 0.1) is 29.6 Å². The molecule has 10 heteroatoms. The number of hydrogen-bond donors (Lipinski definition) is 1. The van der Waals surface area contributed by atoms with Crippen molar-refractivity contribution in [2.24, 2.45) is 29.6 Å². The van der Waals surface area contributed by atoms with Gasteiger partial charge >= 0.3 is 21.3 Å². The molecule has 158 valence electrons. The molecule has 1 spiro atoms. The molecular weight excluding hydrogens is 398 g/mol. The molecular formula is C18H24F2O7S. The van der Waals surface area contributed by atoms with Gasteiger partial charge in [-0.25, -0.2) is 0 Å². The highest BCUT2D eigenvalue weighted by Gasteiger charge is 2.69. The maximum Gasteiger partial charge on any atom is 0.402 e. The second kappa shape index (κ2) is 6.09. The van der Waals surface area contributed by atoms with Crippen molar-refractivity contribution in [2.75, 3.05) is 6.61 Å². The number of ether oxygens (including phenoxy) is 3. The molecule has 1 heterocycles. The molecule has 5 aliphatic carbocycles. The SMILES string of the molecule is O=C(OCC(F)(F)S(=O)(=O)O)C1CCCC2OC3(OC21)C1CC2CC(C1)C3C2. The van der Waals surface area contributed by atoms with Crippen molar-refractivity contribution >= 4 is 16.1 Å². The normalized spacial score (nSPS) is 46.9. The lowest BCUT2D eigenvalue weighted by Crippen LogP contribution is -2.46. The van der Waals surface area contributed by atoms with Gasteiger partial charge in [-0.3, -0.25) is 9.35 Å². The zero-order valence-corrected chi connectivity index (χ0v) is 16.1. The maximum atomic E-state index is 13.4. The second-order valence-electron chi connectivity index (χ2n) is 9.09. The van der Waals surface area contributed by atoms with Gasteiger partial charge in [-0.15, -0.1) is 0 Å². The van der Waals surface area contributed by atoms with E-state index in [-0.39, 0.29) is 6.10 Å². The summed E-state index contributed by atoms with van der Waals surface area (Å²) in [6.45, 7) is -1.71. The van der Waals surface area contributed by atoms with Crippen LogP contribution in [0.25, 0.3) is 0 Å².